The van der Waals surface area contributed by atoms with E-state index in [-0.39, 0.29) is 17.7 Å². The van der Waals surface area contributed by atoms with Crippen molar-refractivity contribution in [1.29, 1.82) is 0 Å². The van der Waals surface area contributed by atoms with Gasteiger partial charge in [-0.25, -0.2) is 13.1 Å². The van der Waals surface area contributed by atoms with Gasteiger partial charge in [0, 0.05) is 17.3 Å². The van der Waals surface area contributed by atoms with Crippen LogP contribution in [0.4, 0.5) is 0 Å². The summed E-state index contributed by atoms with van der Waals surface area (Å²) in [6, 6.07) is 0.0403. The van der Waals surface area contributed by atoms with Gasteiger partial charge in [-0.1, -0.05) is 0 Å². The lowest BCUT2D eigenvalue weighted by Gasteiger charge is -2.03. The highest BCUT2D eigenvalue weighted by Gasteiger charge is 2.31. The molecule has 3 N–H and O–H groups in total. The molecule has 0 amide bonds. The van der Waals surface area contributed by atoms with Crippen LogP contribution in [-0.4, -0.2) is 29.8 Å². The second-order valence-corrected chi connectivity index (χ2v) is 5.32. The second kappa shape index (κ2) is 3.58. The van der Waals surface area contributed by atoms with Crippen LogP contribution in [0.15, 0.2) is 5.03 Å². The van der Waals surface area contributed by atoms with Crippen molar-refractivity contribution in [3.05, 3.63) is 11.3 Å². The van der Waals surface area contributed by atoms with Gasteiger partial charge in [0.1, 0.15) is 0 Å². The molecular formula is C8H13N3O3S. The fraction of sp³-hybridized carbons (Fsp3) is 0.625. The molecule has 1 aromatic heterocycles. The van der Waals surface area contributed by atoms with Gasteiger partial charge in [0.2, 0.25) is 0 Å². The number of aliphatic hydroxyl groups is 1. The molecule has 1 heterocycles. The number of aryl methyl sites for hydroxylation is 1. The average molecular weight is 231 g/mol. The first-order valence-electron chi connectivity index (χ1n) is 4.71. The molecule has 0 spiro atoms. The van der Waals surface area contributed by atoms with E-state index in [2.05, 4.69) is 14.9 Å². The number of hydrogen-bond acceptors (Lipinski definition) is 4. The van der Waals surface area contributed by atoms with Gasteiger partial charge in [-0.15, -0.1) is 0 Å². The minimum atomic E-state index is -3.57. The highest BCUT2D eigenvalue weighted by Crippen LogP contribution is 2.23. The zero-order valence-corrected chi connectivity index (χ0v) is 9.13. The number of aromatic nitrogens is 2. The molecule has 2 rings (SSSR count). The van der Waals surface area contributed by atoms with E-state index in [1.165, 1.54) is 0 Å². The van der Waals surface area contributed by atoms with Crippen LogP contribution in [0.1, 0.15) is 24.1 Å². The summed E-state index contributed by atoms with van der Waals surface area (Å²) in [6.45, 7) is 1.35. The van der Waals surface area contributed by atoms with Crippen LogP contribution < -0.4 is 4.72 Å². The fourth-order valence-corrected chi connectivity index (χ4v) is 2.81. The van der Waals surface area contributed by atoms with Crippen molar-refractivity contribution < 1.29 is 13.5 Å². The van der Waals surface area contributed by atoms with Gasteiger partial charge in [0.05, 0.1) is 6.61 Å². The largest absolute Gasteiger partial charge is 0.392 e. The first-order chi connectivity index (χ1) is 7.04. The molecule has 0 bridgehead atoms. The van der Waals surface area contributed by atoms with Crippen LogP contribution >= 0.6 is 0 Å². The van der Waals surface area contributed by atoms with Gasteiger partial charge >= 0.3 is 0 Å². The standard InChI is InChI=1S/C8H13N3O3S/c1-5-7(4-12)8(10-9-5)15(13,14)11-6-2-3-6/h6,11-12H,2-4H2,1H3,(H,9,10). The molecule has 0 unspecified atom stereocenters. The Kier molecular flexibility index (Phi) is 2.53. The Morgan fingerprint density at radius 3 is 2.80 bits per heavy atom. The first-order valence-corrected chi connectivity index (χ1v) is 6.20. The summed E-state index contributed by atoms with van der Waals surface area (Å²) in [4.78, 5) is 0. The molecule has 1 fully saturated rings. The summed E-state index contributed by atoms with van der Waals surface area (Å²) in [5, 5.41) is 15.2. The Labute approximate surface area is 87.8 Å². The number of aliphatic hydroxyl groups excluding tert-OH is 1. The number of hydrogen-bond donors (Lipinski definition) is 3. The van der Waals surface area contributed by atoms with Crippen molar-refractivity contribution in [3.63, 3.8) is 0 Å². The quantitative estimate of drug-likeness (QED) is 0.660. The Hall–Kier alpha value is -0.920. The highest BCUT2D eigenvalue weighted by molar-refractivity contribution is 7.89. The van der Waals surface area contributed by atoms with Crippen LogP contribution in [0.5, 0.6) is 0 Å². The molecule has 0 saturated heterocycles. The molecule has 1 aliphatic rings. The molecule has 0 radical (unpaired) electrons. The number of nitrogens with zero attached hydrogens (tertiary/aromatic N) is 1. The minimum Gasteiger partial charge on any atom is -0.392 e. The predicted octanol–water partition coefficient (Wildman–Crippen LogP) is -0.349. The highest BCUT2D eigenvalue weighted by atomic mass is 32.2. The second-order valence-electron chi connectivity index (χ2n) is 3.69. The van der Waals surface area contributed by atoms with Crippen LogP contribution in [0.2, 0.25) is 0 Å². The molecule has 1 saturated carbocycles. The van der Waals surface area contributed by atoms with E-state index in [0.717, 1.165) is 12.8 Å². The van der Waals surface area contributed by atoms with Gasteiger partial charge in [-0.3, -0.25) is 5.10 Å². The van der Waals surface area contributed by atoms with Gasteiger partial charge in [0.25, 0.3) is 10.0 Å². The van der Waals surface area contributed by atoms with Crippen molar-refractivity contribution in [2.45, 2.75) is 37.4 Å². The molecule has 6 nitrogen and oxygen atoms in total. The molecule has 15 heavy (non-hydrogen) atoms. The lowest BCUT2D eigenvalue weighted by molar-refractivity contribution is 0.277. The first kappa shape index (κ1) is 10.6. The SMILES string of the molecule is Cc1[nH]nc(S(=O)(=O)NC2CC2)c1CO. The maximum atomic E-state index is 11.8. The molecule has 1 aromatic rings. The number of nitrogens with one attached hydrogen (secondary N) is 2. The Balaban J connectivity index is 2.34. The van der Waals surface area contributed by atoms with Crippen molar-refractivity contribution in [3.8, 4) is 0 Å². The average Bonchev–Trinajstić information content (AvgIpc) is 2.85. The molecule has 0 atom stereocenters. The summed E-state index contributed by atoms with van der Waals surface area (Å²) in [7, 11) is -3.57. The number of rotatable bonds is 4. The van der Waals surface area contributed by atoms with Crippen molar-refractivity contribution in [2.24, 2.45) is 0 Å². The van der Waals surface area contributed by atoms with E-state index >= 15 is 0 Å². The predicted molar refractivity (Wildman–Crippen MR) is 52.6 cm³/mol. The van der Waals surface area contributed by atoms with Crippen LogP contribution in [0.3, 0.4) is 0 Å². The van der Waals surface area contributed by atoms with E-state index in [0.29, 0.717) is 11.3 Å². The Morgan fingerprint density at radius 2 is 2.27 bits per heavy atom. The van der Waals surface area contributed by atoms with E-state index in [4.69, 9.17) is 5.11 Å². The number of sulfonamides is 1. The maximum Gasteiger partial charge on any atom is 0.260 e. The van der Waals surface area contributed by atoms with Crippen LogP contribution in [0, 0.1) is 6.92 Å². The number of aromatic amines is 1. The van der Waals surface area contributed by atoms with E-state index in [9.17, 15) is 8.42 Å². The van der Waals surface area contributed by atoms with Crippen molar-refractivity contribution >= 4 is 10.0 Å². The fourth-order valence-electron chi connectivity index (χ4n) is 1.31. The van der Waals surface area contributed by atoms with Gasteiger partial charge in [0.15, 0.2) is 5.03 Å². The summed E-state index contributed by atoms with van der Waals surface area (Å²) in [6.07, 6.45) is 1.74. The molecule has 0 aliphatic heterocycles. The Morgan fingerprint density at radius 1 is 1.60 bits per heavy atom. The summed E-state index contributed by atoms with van der Waals surface area (Å²) in [5.74, 6) is 0. The Bertz CT molecular complexity index is 461. The summed E-state index contributed by atoms with van der Waals surface area (Å²) in [5.41, 5.74) is 0.914. The third-order valence-electron chi connectivity index (χ3n) is 2.35. The number of H-pyrrole nitrogens is 1. The molecule has 1 aliphatic carbocycles. The lowest BCUT2D eigenvalue weighted by atomic mass is 10.3. The van der Waals surface area contributed by atoms with E-state index in [1.807, 2.05) is 0 Å². The maximum absolute atomic E-state index is 11.8. The smallest absolute Gasteiger partial charge is 0.260 e. The molecule has 7 heteroatoms. The third kappa shape index (κ3) is 2.04. The zero-order chi connectivity index (χ0) is 11.1. The van der Waals surface area contributed by atoms with Gasteiger partial charge in [-0.05, 0) is 19.8 Å². The minimum absolute atomic E-state index is 0.0403. The normalized spacial score (nSPS) is 16.9. The van der Waals surface area contributed by atoms with E-state index in [1.54, 1.807) is 6.92 Å². The zero-order valence-electron chi connectivity index (χ0n) is 8.32. The lowest BCUT2D eigenvalue weighted by Crippen LogP contribution is -2.27. The molecule has 0 aromatic carbocycles. The topological polar surface area (TPSA) is 95.1 Å². The van der Waals surface area contributed by atoms with Crippen LogP contribution in [-0.2, 0) is 16.6 Å². The van der Waals surface area contributed by atoms with Crippen molar-refractivity contribution in [2.75, 3.05) is 0 Å². The van der Waals surface area contributed by atoms with Crippen LogP contribution in [0.25, 0.3) is 0 Å². The summed E-state index contributed by atoms with van der Waals surface area (Å²) >= 11 is 0. The molecule has 84 valence electrons. The van der Waals surface area contributed by atoms with Gasteiger partial charge < -0.3 is 5.11 Å². The van der Waals surface area contributed by atoms with Crippen molar-refractivity contribution in [1.82, 2.24) is 14.9 Å². The van der Waals surface area contributed by atoms with Gasteiger partial charge in [-0.2, -0.15) is 5.10 Å². The summed E-state index contributed by atoms with van der Waals surface area (Å²) < 4.78 is 26.1. The molecular weight excluding hydrogens is 218 g/mol. The monoisotopic (exact) mass is 231 g/mol. The third-order valence-corrected chi connectivity index (χ3v) is 3.84. The van der Waals surface area contributed by atoms with E-state index < -0.39 is 10.0 Å².